The van der Waals surface area contributed by atoms with Crippen molar-refractivity contribution >= 4 is 40.9 Å². The van der Waals surface area contributed by atoms with Gasteiger partial charge in [0.15, 0.2) is 0 Å². The number of phenolic OH excluding ortho intramolecular Hbond substituents is 2. The van der Waals surface area contributed by atoms with Crippen LogP contribution in [-0.4, -0.2) is 127 Å². The van der Waals surface area contributed by atoms with Crippen LogP contribution in [0.15, 0.2) is 54.0 Å². The number of piperazine rings is 1. The summed E-state index contributed by atoms with van der Waals surface area (Å²) in [6.07, 6.45) is 8.49. The van der Waals surface area contributed by atoms with E-state index in [9.17, 15) is 39.3 Å². The maximum absolute atomic E-state index is 14.1. The molecule has 0 bridgehead atoms. The normalized spacial score (nSPS) is 18.7. The number of hydrogen-bond donors (Lipinski definition) is 5. The number of hydrogen-bond acceptors (Lipinski definition) is 12. The van der Waals surface area contributed by atoms with E-state index in [0.717, 1.165) is 103 Å². The van der Waals surface area contributed by atoms with Crippen molar-refractivity contribution in [1.29, 1.82) is 0 Å². The molecule has 5 N–H and O–H groups in total. The van der Waals surface area contributed by atoms with E-state index in [1.54, 1.807) is 23.2 Å². The number of ether oxygens (including phenoxy) is 1. The van der Waals surface area contributed by atoms with Crippen LogP contribution >= 0.6 is 11.3 Å². The van der Waals surface area contributed by atoms with Gasteiger partial charge in [-0.15, -0.1) is 11.3 Å². The number of aryl methyl sites for hydroxylation is 1. The fourth-order valence-electron chi connectivity index (χ4n) is 11.0. The smallest absolute Gasteiger partial charge is 0.262 e. The number of aliphatic hydroxyl groups excluding tert-OH is 1. The fraction of sp³-hybridized carbons (Fsp3) is 0.552. The third-order valence-electron chi connectivity index (χ3n) is 15.6. The number of nitrogens with zero attached hydrogens (tertiary/aromatic N) is 5. The highest BCUT2D eigenvalue weighted by molar-refractivity contribution is 7.13. The van der Waals surface area contributed by atoms with Gasteiger partial charge in [-0.2, -0.15) is 0 Å². The molecule has 2 saturated heterocycles. The number of aromatic hydroxyl groups is 2. The van der Waals surface area contributed by atoms with Crippen LogP contribution in [-0.2, 0) is 45.4 Å². The molecule has 4 aliphatic rings. The van der Waals surface area contributed by atoms with Crippen LogP contribution < -0.4 is 15.4 Å². The number of carbonyl (C=O) groups excluding carboxylic acids is 5. The number of amides is 5. The minimum atomic E-state index is -0.896. The summed E-state index contributed by atoms with van der Waals surface area (Å²) in [6, 6.07) is 13.7. The summed E-state index contributed by atoms with van der Waals surface area (Å²) < 4.78 is 6.22. The molecule has 5 amide bonds. The second-order valence-corrected chi connectivity index (χ2v) is 23.2. The number of aromatic nitrogens is 1. The van der Waals surface area contributed by atoms with Crippen molar-refractivity contribution in [2.75, 3.05) is 39.3 Å². The molecule has 1 unspecified atom stereocenters. The molecule has 3 aliphatic heterocycles. The van der Waals surface area contributed by atoms with Gasteiger partial charge in [-0.25, -0.2) is 4.98 Å². The number of aliphatic hydroxyl groups is 1. The predicted molar refractivity (Wildman–Crippen MR) is 288 cm³/mol. The lowest BCUT2D eigenvalue weighted by Crippen LogP contribution is -2.57. The van der Waals surface area contributed by atoms with Crippen LogP contribution in [0, 0.1) is 25.2 Å². The quantitative estimate of drug-likeness (QED) is 0.0575. The first kappa shape index (κ1) is 55.2. The zero-order valence-electron chi connectivity index (χ0n) is 44.5. The number of likely N-dealkylation sites (tertiary alicyclic amines) is 1. The van der Waals surface area contributed by atoms with E-state index in [1.807, 2.05) is 62.4 Å². The highest BCUT2D eigenvalue weighted by Gasteiger charge is 2.44. The summed E-state index contributed by atoms with van der Waals surface area (Å²) in [6.45, 7) is 14.4. The third-order valence-corrected chi connectivity index (χ3v) is 16.5. The van der Waals surface area contributed by atoms with Gasteiger partial charge in [0, 0.05) is 89.8 Å². The molecule has 1 aromatic heterocycles. The van der Waals surface area contributed by atoms with E-state index >= 15 is 0 Å². The Bertz CT molecular complexity index is 2670. The van der Waals surface area contributed by atoms with Crippen molar-refractivity contribution in [3.8, 4) is 27.7 Å². The average Bonchev–Trinajstić information content (AvgIpc) is 4.14. The van der Waals surface area contributed by atoms with Crippen LogP contribution in [0.5, 0.6) is 17.2 Å². The zero-order chi connectivity index (χ0) is 53.4. The molecule has 4 aromatic rings. The maximum atomic E-state index is 14.1. The number of thiazole rings is 1. The monoisotopic (exact) mass is 1050 g/mol. The van der Waals surface area contributed by atoms with Gasteiger partial charge in [0.2, 0.25) is 23.6 Å². The number of carbonyl (C=O) groups is 5. The maximum Gasteiger partial charge on any atom is 0.262 e. The Morgan fingerprint density at radius 1 is 0.827 bits per heavy atom. The molecule has 17 heteroatoms. The summed E-state index contributed by atoms with van der Waals surface area (Å²) >= 11 is 1.58. The number of fused-ring (bicyclic) bond motifs is 1. The van der Waals surface area contributed by atoms with Crippen molar-refractivity contribution in [3.63, 3.8) is 0 Å². The second kappa shape index (κ2) is 24.7. The van der Waals surface area contributed by atoms with Crippen molar-refractivity contribution in [2.24, 2.45) is 11.3 Å². The van der Waals surface area contributed by atoms with Crippen LogP contribution in [0.3, 0.4) is 0 Å². The van der Waals surface area contributed by atoms with E-state index in [0.29, 0.717) is 57.1 Å². The molecule has 0 radical (unpaired) electrons. The predicted octanol–water partition coefficient (Wildman–Crippen LogP) is 7.75. The SMILES string of the molecule is Cc1ncsc1-c1ccc(CNC(=O)[C@@H]2C[C@@H](O)CN2C(=O)C(NC(=O)CCCCCCC(=O)N2CCN(Cc3ccc4c(c3)CN(C(=O)c3c(O)cc(O)c(C)c3OCC3CCCCC3)C4)CC2)C(C)(C)C)cc1. The number of benzene rings is 3. The molecule has 16 nitrogen and oxygen atoms in total. The van der Waals surface area contributed by atoms with Gasteiger partial charge in [-0.1, -0.05) is 95.3 Å². The Balaban J connectivity index is 0.727. The van der Waals surface area contributed by atoms with Gasteiger partial charge >= 0.3 is 0 Å². The van der Waals surface area contributed by atoms with Crippen LogP contribution in [0.4, 0.5) is 0 Å². The van der Waals surface area contributed by atoms with Crippen LogP contribution in [0.1, 0.15) is 142 Å². The van der Waals surface area contributed by atoms with E-state index in [4.69, 9.17) is 4.74 Å². The molecule has 3 fully saturated rings. The molecule has 0 spiro atoms. The van der Waals surface area contributed by atoms with E-state index < -0.39 is 29.5 Å². The standard InChI is InChI=1S/C58H77N7O9S/c1-37-47(67)29-48(68)51(52(37)74-35-40-13-9-8-10-14-40)56(72)64-32-43-22-19-41(27-44(43)33-64)31-62-23-25-63(26-24-62)50(70)16-12-7-6-11-15-49(69)61-54(58(3,4)5)57(73)65-34-45(66)28-46(65)55(71)59-30-39-17-20-42(21-18-39)53-38(2)60-36-75-53/h17-22,27,29,36,40,45-46,54,66-68H,6-16,23-26,28,30-35H2,1-5H3,(H,59,71)(H,61,69)/t45-,46+,54?/m1/s1. The van der Waals surface area contributed by atoms with Gasteiger partial charge in [0.05, 0.1) is 28.8 Å². The van der Waals surface area contributed by atoms with Crippen LogP contribution in [0.25, 0.3) is 10.4 Å². The number of β-amino-alcohol motifs (C(OH)–C–C–N with tert-alkyl or cyclic N) is 1. The van der Waals surface area contributed by atoms with Crippen molar-refractivity contribution < 1.29 is 44.0 Å². The topological polar surface area (TPSA) is 205 Å². The average molecular weight is 1050 g/mol. The van der Waals surface area contributed by atoms with E-state index in [-0.39, 0.29) is 72.4 Å². The number of rotatable bonds is 19. The summed E-state index contributed by atoms with van der Waals surface area (Å²) in [4.78, 5) is 81.0. The van der Waals surface area contributed by atoms with E-state index in [2.05, 4.69) is 38.7 Å². The number of phenols is 2. The molecule has 1 saturated carbocycles. The summed E-state index contributed by atoms with van der Waals surface area (Å²) in [5.41, 5.74) is 7.88. The summed E-state index contributed by atoms with van der Waals surface area (Å²) in [7, 11) is 0. The highest BCUT2D eigenvalue weighted by Crippen LogP contribution is 2.41. The first-order valence-electron chi connectivity index (χ1n) is 27.1. The number of unbranched alkanes of at least 4 members (excludes halogenated alkanes) is 3. The molecular formula is C58H77N7O9S. The fourth-order valence-corrected chi connectivity index (χ4v) is 11.8. The Morgan fingerprint density at radius 3 is 2.21 bits per heavy atom. The summed E-state index contributed by atoms with van der Waals surface area (Å²) in [5, 5.41) is 38.0. The Labute approximate surface area is 445 Å². The molecule has 4 heterocycles. The number of nitrogens with one attached hydrogen (secondary N) is 2. The largest absolute Gasteiger partial charge is 0.507 e. The summed E-state index contributed by atoms with van der Waals surface area (Å²) in [5.74, 6) is -0.930. The van der Waals surface area contributed by atoms with Crippen molar-refractivity contribution in [2.45, 2.75) is 156 Å². The van der Waals surface area contributed by atoms with Gasteiger partial charge in [-0.05, 0) is 78.7 Å². The molecule has 404 valence electrons. The Hall–Kier alpha value is -6.04. The molecule has 8 rings (SSSR count). The second-order valence-electron chi connectivity index (χ2n) is 22.3. The Morgan fingerprint density at radius 2 is 1.52 bits per heavy atom. The molecule has 3 aromatic carbocycles. The van der Waals surface area contributed by atoms with Gasteiger partial charge < -0.3 is 45.4 Å². The lowest BCUT2D eigenvalue weighted by atomic mass is 9.85. The molecule has 1 aliphatic carbocycles. The minimum absolute atomic E-state index is 0.00692. The first-order chi connectivity index (χ1) is 35.9. The molecular weight excluding hydrogens is 971 g/mol. The highest BCUT2D eigenvalue weighted by atomic mass is 32.1. The third kappa shape index (κ3) is 13.9. The Kier molecular flexibility index (Phi) is 18.2. The van der Waals surface area contributed by atoms with E-state index in [1.165, 1.54) is 17.4 Å². The van der Waals surface area contributed by atoms with Crippen molar-refractivity contribution in [3.05, 3.63) is 93.1 Å². The minimum Gasteiger partial charge on any atom is -0.507 e. The lowest BCUT2D eigenvalue weighted by Gasteiger charge is -2.35. The lowest BCUT2D eigenvalue weighted by molar-refractivity contribution is -0.144. The van der Waals surface area contributed by atoms with Crippen molar-refractivity contribution in [1.82, 2.24) is 35.2 Å². The molecule has 3 atom stereocenters. The van der Waals surface area contributed by atoms with Gasteiger partial charge in [0.25, 0.3) is 5.91 Å². The zero-order valence-corrected chi connectivity index (χ0v) is 45.3. The van der Waals surface area contributed by atoms with Crippen LogP contribution in [0.2, 0.25) is 0 Å². The molecule has 75 heavy (non-hydrogen) atoms. The van der Waals surface area contributed by atoms with Gasteiger partial charge in [0.1, 0.15) is 34.9 Å². The van der Waals surface area contributed by atoms with Gasteiger partial charge in [-0.3, -0.25) is 28.9 Å². The first-order valence-corrected chi connectivity index (χ1v) is 27.9.